The predicted molar refractivity (Wildman–Crippen MR) is 51.2 cm³/mol. The molecule has 1 aromatic carbocycles. The first-order valence-electron chi connectivity index (χ1n) is 4.42. The van der Waals surface area contributed by atoms with Crippen molar-refractivity contribution in [1.82, 2.24) is 0 Å². The van der Waals surface area contributed by atoms with E-state index in [0.29, 0.717) is 0 Å². The van der Waals surface area contributed by atoms with Gasteiger partial charge in [0, 0.05) is 0 Å². The third kappa shape index (κ3) is 3.41. The number of methoxy groups -OCH3 is 2. The van der Waals surface area contributed by atoms with Gasteiger partial charge < -0.3 is 14.6 Å². The van der Waals surface area contributed by atoms with Gasteiger partial charge in [0.05, 0.1) is 7.11 Å². The van der Waals surface area contributed by atoms with Gasteiger partial charge >= 0.3 is 27.2 Å². The molecule has 16 heavy (non-hydrogen) atoms. The van der Waals surface area contributed by atoms with Gasteiger partial charge in [-0.1, -0.05) is 18.2 Å². The molecule has 0 N–H and O–H groups in total. The molecule has 1 aromatic rings. The van der Waals surface area contributed by atoms with Crippen molar-refractivity contribution >= 4 is 5.97 Å². The molecule has 0 aliphatic heterocycles. The maximum Gasteiger partial charge on any atom is 0.387 e. The van der Waals surface area contributed by atoms with E-state index in [4.69, 9.17) is 0 Å². The Morgan fingerprint density at radius 1 is 1.19 bits per heavy atom. The fraction of sp³-hybridized carbons (Fsp3) is 0.182. The zero-order valence-electron chi connectivity index (χ0n) is 8.90. The highest BCUT2D eigenvalue weighted by molar-refractivity contribution is 5.85. The summed E-state index contributed by atoms with van der Waals surface area (Å²) in [5, 5.41) is 11.4. The topological polar surface area (TPSA) is 58.6 Å². The molecule has 0 aromatic heterocycles. The Morgan fingerprint density at radius 3 is 2.31 bits per heavy atom. The summed E-state index contributed by atoms with van der Waals surface area (Å²) in [6.45, 7) is 0. The second-order valence-corrected chi connectivity index (χ2v) is 5.55. The normalized spacial score (nSPS) is 11.6. The summed E-state index contributed by atoms with van der Waals surface area (Å²) in [4.78, 5) is 11.4. The largest absolute Gasteiger partial charge is 0.613 e. The van der Waals surface area contributed by atoms with E-state index in [0.717, 1.165) is 3.57 Å². The van der Waals surface area contributed by atoms with Crippen LogP contribution in [0.4, 0.5) is 0 Å². The molecule has 0 radical (unpaired) electrons. The SMILES string of the molecule is COC(=O)/[13C]([I+]c1ccccc1)=C(\[O-])OC. The van der Waals surface area contributed by atoms with Crippen LogP contribution >= 0.6 is 0 Å². The summed E-state index contributed by atoms with van der Waals surface area (Å²) < 4.78 is 10.2. The number of carbonyl (C=O) groups is 1. The summed E-state index contributed by atoms with van der Waals surface area (Å²) >= 11 is -0.865. The van der Waals surface area contributed by atoms with E-state index in [1.807, 2.05) is 30.3 Å². The number of halogens is 1. The highest BCUT2D eigenvalue weighted by Crippen LogP contribution is 1.91. The molecule has 0 saturated heterocycles. The maximum absolute atomic E-state index is 11.4. The zero-order valence-corrected chi connectivity index (χ0v) is 11.1. The molecule has 0 aliphatic rings. The van der Waals surface area contributed by atoms with Crippen LogP contribution < -0.4 is 26.3 Å². The fourth-order valence-corrected chi connectivity index (χ4v) is 3.20. The lowest BCUT2D eigenvalue weighted by Gasteiger charge is -2.07. The Balaban J connectivity index is 2.93. The lowest BCUT2D eigenvalue weighted by atomic mass is 10.4. The quantitative estimate of drug-likeness (QED) is 0.198. The van der Waals surface area contributed by atoms with Crippen molar-refractivity contribution in [3.8, 4) is 0 Å². The molecular weight excluding hydrogens is 324 g/mol. The predicted octanol–water partition coefficient (Wildman–Crippen LogP) is -2.71. The first kappa shape index (κ1) is 12.8. The van der Waals surface area contributed by atoms with Crippen LogP contribution in [0.15, 0.2) is 39.9 Å². The van der Waals surface area contributed by atoms with Crippen molar-refractivity contribution in [2.45, 2.75) is 0 Å². The van der Waals surface area contributed by atoms with Crippen LogP contribution in [0.3, 0.4) is 0 Å². The highest BCUT2D eigenvalue weighted by Gasteiger charge is 2.29. The minimum Gasteiger partial charge on any atom is -0.613 e. The van der Waals surface area contributed by atoms with Crippen LogP contribution in [-0.2, 0) is 14.3 Å². The molecule has 4 nitrogen and oxygen atoms in total. The van der Waals surface area contributed by atoms with E-state index in [-0.39, 0.29) is 3.58 Å². The van der Waals surface area contributed by atoms with Crippen molar-refractivity contribution < 1.29 is 40.6 Å². The van der Waals surface area contributed by atoms with Crippen molar-refractivity contribution in [1.29, 1.82) is 0 Å². The van der Waals surface area contributed by atoms with E-state index in [2.05, 4.69) is 9.47 Å². The second-order valence-electron chi connectivity index (χ2n) is 2.69. The van der Waals surface area contributed by atoms with E-state index < -0.39 is 33.1 Å². The molecule has 0 unspecified atom stereocenters. The van der Waals surface area contributed by atoms with Crippen molar-refractivity contribution in [2.75, 3.05) is 14.2 Å². The minimum atomic E-state index is -0.865. The van der Waals surface area contributed by atoms with Gasteiger partial charge in [0.2, 0.25) is 0 Å². The minimum absolute atomic E-state index is 0.106. The molecule has 0 aliphatic carbocycles. The number of rotatable bonds is 4. The lowest BCUT2D eigenvalue weighted by Crippen LogP contribution is -3.61. The van der Waals surface area contributed by atoms with E-state index in [1.54, 1.807) is 0 Å². The number of esters is 1. The highest BCUT2D eigenvalue weighted by atomic mass is 127. The van der Waals surface area contributed by atoms with E-state index >= 15 is 0 Å². The molecule has 0 amide bonds. The molecular formula is C11H11IO4. The van der Waals surface area contributed by atoms with Crippen LogP contribution in [0.2, 0.25) is 0 Å². The van der Waals surface area contributed by atoms with Gasteiger partial charge in [0.25, 0.3) is 3.58 Å². The average Bonchev–Trinajstić information content (AvgIpc) is 2.35. The number of benzene rings is 1. The Kier molecular flexibility index (Phi) is 5.10. The van der Waals surface area contributed by atoms with E-state index in [1.165, 1.54) is 14.2 Å². The smallest absolute Gasteiger partial charge is 0.387 e. The molecule has 0 bridgehead atoms. The van der Waals surface area contributed by atoms with Crippen LogP contribution in [-0.4, -0.2) is 20.2 Å². The van der Waals surface area contributed by atoms with Gasteiger partial charge in [0.15, 0.2) is 3.57 Å². The second kappa shape index (κ2) is 6.37. The van der Waals surface area contributed by atoms with E-state index in [9.17, 15) is 9.90 Å². The molecule has 0 fully saturated rings. The van der Waals surface area contributed by atoms with Crippen molar-refractivity contribution in [3.63, 3.8) is 0 Å². The zero-order chi connectivity index (χ0) is 12.0. The van der Waals surface area contributed by atoms with Crippen LogP contribution in [0.5, 0.6) is 0 Å². The third-order valence-electron chi connectivity index (χ3n) is 1.67. The maximum atomic E-state index is 11.4. The Labute approximate surface area is 104 Å². The molecule has 0 spiro atoms. The fourth-order valence-electron chi connectivity index (χ4n) is 0.926. The third-order valence-corrected chi connectivity index (χ3v) is 4.43. The van der Waals surface area contributed by atoms with Crippen LogP contribution in [0, 0.1) is 3.57 Å². The van der Waals surface area contributed by atoms with Crippen molar-refractivity contribution in [2.24, 2.45) is 0 Å². The monoisotopic (exact) mass is 335 g/mol. The Bertz CT molecular complexity index is 386. The summed E-state index contributed by atoms with van der Waals surface area (Å²) in [5.41, 5.74) is 0. The number of ether oxygens (including phenoxy) is 2. The number of carbonyl (C=O) groups excluding carboxylic acids is 1. The Morgan fingerprint density at radius 2 is 1.81 bits per heavy atom. The average molecular weight is 335 g/mol. The lowest BCUT2D eigenvalue weighted by molar-refractivity contribution is -0.582. The molecule has 86 valence electrons. The number of hydrogen-bond donors (Lipinski definition) is 0. The molecule has 5 heteroatoms. The Hall–Kier alpha value is -1.24. The molecule has 1 rings (SSSR count). The molecule has 0 atom stereocenters. The van der Waals surface area contributed by atoms with Gasteiger partial charge in [-0.2, -0.15) is 0 Å². The van der Waals surface area contributed by atoms with Gasteiger partial charge in [-0.15, -0.1) is 0 Å². The van der Waals surface area contributed by atoms with Gasteiger partial charge in [0.1, 0.15) is 5.95 Å². The summed E-state index contributed by atoms with van der Waals surface area (Å²) in [7, 11) is 2.50. The summed E-state index contributed by atoms with van der Waals surface area (Å²) in [5.74, 6) is -1.22. The van der Waals surface area contributed by atoms with Crippen molar-refractivity contribution in [3.05, 3.63) is 43.4 Å². The summed E-state index contributed by atoms with van der Waals surface area (Å²) in [6, 6.07) is 9.35. The van der Waals surface area contributed by atoms with Crippen LogP contribution in [0.25, 0.3) is 0 Å². The first-order chi connectivity index (χ1) is 7.69. The molecule has 0 heterocycles. The standard InChI is InChI=1S/C11H11IO4/c1-15-10(13)9(11(14)16-2)12-8-6-4-3-5-7-8/h3-7H,1-2H3/i9+1. The van der Waals surface area contributed by atoms with Gasteiger partial charge in [-0.3, -0.25) is 0 Å². The summed E-state index contributed by atoms with van der Waals surface area (Å²) in [6.07, 6.45) is 0. The van der Waals surface area contributed by atoms with Crippen LogP contribution in [0.1, 0.15) is 0 Å². The van der Waals surface area contributed by atoms with Gasteiger partial charge in [-0.05, 0) is 19.2 Å². The first-order valence-corrected chi connectivity index (χ1v) is 6.58. The molecule has 0 saturated carbocycles. The number of hydrogen-bond acceptors (Lipinski definition) is 4. The van der Waals surface area contributed by atoms with Gasteiger partial charge in [-0.25, -0.2) is 4.79 Å².